The molecule has 0 saturated carbocycles. The lowest BCUT2D eigenvalue weighted by Gasteiger charge is -2.13. The molecule has 4 rings (SSSR count). The second kappa shape index (κ2) is 10.5. The van der Waals surface area contributed by atoms with Crippen molar-refractivity contribution in [1.29, 1.82) is 0 Å². The lowest BCUT2D eigenvalue weighted by Crippen LogP contribution is -2.23. The number of aromatic nitrogens is 4. The number of nitrogens with one attached hydrogen (secondary N) is 1. The Hall–Kier alpha value is -3.37. The topological polar surface area (TPSA) is 91.2 Å². The summed E-state index contributed by atoms with van der Waals surface area (Å²) in [4.78, 5) is 17.0. The molecule has 0 spiro atoms. The number of amides is 1. The van der Waals surface area contributed by atoms with Crippen LogP contribution < -0.4 is 14.8 Å². The zero-order valence-electron chi connectivity index (χ0n) is 18.4. The maximum absolute atomic E-state index is 12.7. The molecular formula is C23H23N5O3S2. The molecule has 2 heterocycles. The second-order valence-electron chi connectivity index (χ2n) is 7.08. The summed E-state index contributed by atoms with van der Waals surface area (Å²) in [6.07, 6.45) is 0. The number of nitrogens with zero attached hydrogens (tertiary/aromatic N) is 4. The monoisotopic (exact) mass is 481 g/mol. The van der Waals surface area contributed by atoms with Gasteiger partial charge in [-0.25, -0.2) is 4.98 Å². The summed E-state index contributed by atoms with van der Waals surface area (Å²) in [5.74, 6) is 1.93. The Bertz CT molecular complexity index is 1210. The van der Waals surface area contributed by atoms with E-state index in [1.807, 2.05) is 78.4 Å². The molecule has 1 N–H and O–H groups in total. The third-order valence-electron chi connectivity index (χ3n) is 4.64. The van der Waals surface area contributed by atoms with Crippen LogP contribution >= 0.6 is 23.1 Å². The molecule has 1 atom stereocenters. The molecule has 0 fully saturated rings. The average Bonchev–Trinajstić information content (AvgIpc) is 3.43. The van der Waals surface area contributed by atoms with Gasteiger partial charge in [0.1, 0.15) is 18.1 Å². The third-order valence-corrected chi connectivity index (χ3v) is 6.56. The van der Waals surface area contributed by atoms with Gasteiger partial charge in [0.2, 0.25) is 5.91 Å². The molecule has 8 nitrogen and oxygen atoms in total. The van der Waals surface area contributed by atoms with Gasteiger partial charge < -0.3 is 14.8 Å². The van der Waals surface area contributed by atoms with Crippen LogP contribution in [-0.4, -0.2) is 38.0 Å². The van der Waals surface area contributed by atoms with Crippen LogP contribution in [0.3, 0.4) is 0 Å². The van der Waals surface area contributed by atoms with E-state index in [1.165, 1.54) is 23.1 Å². The smallest absolute Gasteiger partial charge is 0.239 e. The van der Waals surface area contributed by atoms with Crippen LogP contribution in [0.1, 0.15) is 18.4 Å². The van der Waals surface area contributed by atoms with E-state index in [9.17, 15) is 4.79 Å². The highest BCUT2D eigenvalue weighted by Gasteiger charge is 2.22. The van der Waals surface area contributed by atoms with Gasteiger partial charge in [0.25, 0.3) is 0 Å². The molecule has 0 saturated heterocycles. The summed E-state index contributed by atoms with van der Waals surface area (Å²) in [5.41, 5.74) is 1.77. The van der Waals surface area contributed by atoms with E-state index in [0.29, 0.717) is 21.9 Å². The Labute approximate surface area is 200 Å². The molecule has 10 heteroatoms. The van der Waals surface area contributed by atoms with E-state index in [0.717, 1.165) is 17.1 Å². The van der Waals surface area contributed by atoms with Crippen molar-refractivity contribution in [2.45, 2.75) is 30.9 Å². The number of hydrogen-bond acceptors (Lipinski definition) is 8. The molecule has 1 amide bonds. The first-order chi connectivity index (χ1) is 16.0. The summed E-state index contributed by atoms with van der Waals surface area (Å²) >= 11 is 2.73. The summed E-state index contributed by atoms with van der Waals surface area (Å²) < 4.78 is 13.0. The molecule has 33 heavy (non-hydrogen) atoms. The fraction of sp³-hybridized carbons (Fsp3) is 0.217. The Morgan fingerprint density at radius 3 is 2.52 bits per heavy atom. The predicted molar refractivity (Wildman–Crippen MR) is 129 cm³/mol. The van der Waals surface area contributed by atoms with Gasteiger partial charge in [-0.2, -0.15) is 0 Å². The number of rotatable bonds is 9. The van der Waals surface area contributed by atoms with Crippen LogP contribution in [0.4, 0.5) is 5.13 Å². The first-order valence-corrected chi connectivity index (χ1v) is 12.0. The Kier molecular flexibility index (Phi) is 7.26. The highest BCUT2D eigenvalue weighted by Crippen LogP contribution is 2.28. The van der Waals surface area contributed by atoms with E-state index >= 15 is 0 Å². The van der Waals surface area contributed by atoms with Crippen molar-refractivity contribution in [2.75, 3.05) is 12.4 Å². The van der Waals surface area contributed by atoms with Crippen LogP contribution in [0.5, 0.6) is 11.5 Å². The molecule has 170 valence electrons. The number of carbonyl (C=O) groups excluding carboxylic acids is 1. The van der Waals surface area contributed by atoms with Crippen molar-refractivity contribution < 1.29 is 14.3 Å². The van der Waals surface area contributed by atoms with Crippen LogP contribution in [0.2, 0.25) is 0 Å². The van der Waals surface area contributed by atoms with E-state index in [-0.39, 0.29) is 12.5 Å². The highest BCUT2D eigenvalue weighted by molar-refractivity contribution is 8.00. The number of carbonyl (C=O) groups is 1. The Morgan fingerprint density at radius 1 is 1.12 bits per heavy atom. The second-order valence-corrected chi connectivity index (χ2v) is 9.24. The van der Waals surface area contributed by atoms with Crippen LogP contribution in [0, 0.1) is 6.92 Å². The normalized spacial score (nSPS) is 11.7. The van der Waals surface area contributed by atoms with Gasteiger partial charge in [0, 0.05) is 11.1 Å². The van der Waals surface area contributed by atoms with Crippen molar-refractivity contribution in [3.05, 3.63) is 71.5 Å². The van der Waals surface area contributed by atoms with E-state index < -0.39 is 5.25 Å². The highest BCUT2D eigenvalue weighted by atomic mass is 32.2. The number of para-hydroxylation sites is 1. The van der Waals surface area contributed by atoms with Gasteiger partial charge in [0.15, 0.2) is 16.1 Å². The summed E-state index contributed by atoms with van der Waals surface area (Å²) in [6, 6.07) is 17.1. The summed E-state index contributed by atoms with van der Waals surface area (Å²) in [6.45, 7) is 3.94. The molecule has 0 bridgehead atoms. The van der Waals surface area contributed by atoms with Gasteiger partial charge in [-0.3, -0.25) is 9.36 Å². The van der Waals surface area contributed by atoms with Crippen molar-refractivity contribution in [3.8, 4) is 17.2 Å². The van der Waals surface area contributed by atoms with Crippen molar-refractivity contribution >= 4 is 34.1 Å². The zero-order valence-corrected chi connectivity index (χ0v) is 20.0. The van der Waals surface area contributed by atoms with Crippen molar-refractivity contribution in [3.63, 3.8) is 0 Å². The van der Waals surface area contributed by atoms with Crippen LogP contribution in [0.25, 0.3) is 5.69 Å². The van der Waals surface area contributed by atoms with Gasteiger partial charge in [-0.1, -0.05) is 30.0 Å². The molecule has 0 aliphatic heterocycles. The van der Waals surface area contributed by atoms with Gasteiger partial charge in [0.05, 0.1) is 18.1 Å². The first-order valence-electron chi connectivity index (χ1n) is 10.2. The summed E-state index contributed by atoms with van der Waals surface area (Å²) in [7, 11) is 1.62. The fourth-order valence-electron chi connectivity index (χ4n) is 2.96. The maximum atomic E-state index is 12.7. The van der Waals surface area contributed by atoms with Crippen molar-refractivity contribution in [1.82, 2.24) is 19.7 Å². The van der Waals surface area contributed by atoms with E-state index in [2.05, 4.69) is 20.5 Å². The fourth-order valence-corrected chi connectivity index (χ4v) is 4.53. The molecule has 0 radical (unpaired) electrons. The molecule has 0 aliphatic rings. The molecule has 0 aliphatic carbocycles. The largest absolute Gasteiger partial charge is 0.497 e. The van der Waals surface area contributed by atoms with Gasteiger partial charge >= 0.3 is 0 Å². The lowest BCUT2D eigenvalue weighted by molar-refractivity contribution is -0.115. The average molecular weight is 482 g/mol. The Morgan fingerprint density at radius 2 is 1.85 bits per heavy atom. The maximum Gasteiger partial charge on any atom is 0.239 e. The van der Waals surface area contributed by atoms with E-state index in [4.69, 9.17) is 9.47 Å². The number of ether oxygens (including phenoxy) is 2. The number of aryl methyl sites for hydroxylation is 1. The number of benzene rings is 2. The molecule has 2 aromatic carbocycles. The number of thioether (sulfide) groups is 1. The van der Waals surface area contributed by atoms with Crippen molar-refractivity contribution in [2.24, 2.45) is 0 Å². The quantitative estimate of drug-likeness (QED) is 0.345. The zero-order chi connectivity index (χ0) is 23.2. The van der Waals surface area contributed by atoms with Crippen LogP contribution in [-0.2, 0) is 11.4 Å². The minimum Gasteiger partial charge on any atom is -0.497 e. The lowest BCUT2D eigenvalue weighted by atomic mass is 10.3. The number of anilines is 1. The first kappa shape index (κ1) is 22.8. The number of methoxy groups -OCH3 is 1. The minimum atomic E-state index is -0.406. The molecular weight excluding hydrogens is 458 g/mol. The standard InChI is InChI=1S/C23H23N5O3S2/c1-15-14-32-22(24-15)25-21(29)16(2)33-23-27-26-20(28(23)17-7-5-4-6-8-17)13-31-19-11-9-18(30-3)10-12-19/h4-12,14,16H,13H2,1-3H3,(H,24,25,29)/t16-/m0/s1. The third kappa shape index (κ3) is 5.71. The number of thiazole rings is 1. The van der Waals surface area contributed by atoms with Gasteiger partial charge in [-0.05, 0) is 50.2 Å². The Balaban J connectivity index is 1.52. The minimum absolute atomic E-state index is 0.145. The van der Waals surface area contributed by atoms with Gasteiger partial charge in [-0.15, -0.1) is 21.5 Å². The SMILES string of the molecule is COc1ccc(OCc2nnc(S[C@@H](C)C(=O)Nc3nc(C)cs3)n2-c2ccccc2)cc1. The van der Waals surface area contributed by atoms with E-state index in [1.54, 1.807) is 7.11 Å². The molecule has 4 aromatic rings. The summed E-state index contributed by atoms with van der Waals surface area (Å²) in [5, 5.41) is 14.2. The molecule has 2 aromatic heterocycles. The molecule has 0 unspecified atom stereocenters. The van der Waals surface area contributed by atoms with Crippen LogP contribution in [0.15, 0.2) is 65.1 Å². The predicted octanol–water partition coefficient (Wildman–Crippen LogP) is 4.74. The number of hydrogen-bond donors (Lipinski definition) is 1.